The van der Waals surface area contributed by atoms with E-state index in [4.69, 9.17) is 0 Å². The van der Waals surface area contributed by atoms with Crippen molar-refractivity contribution >= 4 is 28.2 Å². The van der Waals surface area contributed by atoms with Crippen molar-refractivity contribution in [3.63, 3.8) is 0 Å². The van der Waals surface area contributed by atoms with Gasteiger partial charge in [0.15, 0.2) is 0 Å². The van der Waals surface area contributed by atoms with Gasteiger partial charge in [-0.2, -0.15) is 0 Å². The van der Waals surface area contributed by atoms with Gasteiger partial charge in [0.25, 0.3) is 0 Å². The normalized spacial score (nSPS) is 11.5. The van der Waals surface area contributed by atoms with E-state index in [1.54, 1.807) is 0 Å². The highest BCUT2D eigenvalue weighted by Crippen LogP contribution is 2.20. The van der Waals surface area contributed by atoms with Gasteiger partial charge >= 0.3 is 0 Å². The summed E-state index contributed by atoms with van der Waals surface area (Å²) < 4.78 is 1.28. The molecule has 0 unspecified atom stereocenters. The molecule has 0 spiro atoms. The summed E-state index contributed by atoms with van der Waals surface area (Å²) in [7, 11) is 0. The van der Waals surface area contributed by atoms with Gasteiger partial charge in [0.1, 0.15) is 0 Å². The van der Waals surface area contributed by atoms with Gasteiger partial charge < -0.3 is 0 Å². The van der Waals surface area contributed by atoms with Gasteiger partial charge in [-0.1, -0.05) is 24.8 Å². The van der Waals surface area contributed by atoms with Crippen molar-refractivity contribution in [1.82, 2.24) is 0 Å². The summed E-state index contributed by atoms with van der Waals surface area (Å²) in [6.45, 7) is 7.94. The summed E-state index contributed by atoms with van der Waals surface area (Å²) in [6.07, 6.45) is 3.86. The van der Waals surface area contributed by atoms with Crippen LogP contribution in [0.1, 0.15) is 18.1 Å². The van der Waals surface area contributed by atoms with E-state index in [-0.39, 0.29) is 0 Å². The van der Waals surface area contributed by atoms with E-state index in [0.717, 1.165) is 0 Å². The molecule has 0 aliphatic carbocycles. The van der Waals surface area contributed by atoms with Gasteiger partial charge in [-0.3, -0.25) is 0 Å². The van der Waals surface area contributed by atoms with Crippen LogP contribution < -0.4 is 0 Å². The summed E-state index contributed by atoms with van der Waals surface area (Å²) in [5.74, 6) is 0. The Bertz CT molecular complexity index is 348. The SMILES string of the molecule is C=C/C=C(/C)c1ccc(I)cc1C. The van der Waals surface area contributed by atoms with Gasteiger partial charge in [0.05, 0.1) is 0 Å². The third kappa shape index (κ3) is 2.69. The van der Waals surface area contributed by atoms with Crippen LogP contribution in [0.15, 0.2) is 36.9 Å². The topological polar surface area (TPSA) is 0 Å². The fourth-order valence-corrected chi connectivity index (χ4v) is 1.98. The quantitative estimate of drug-likeness (QED) is 0.564. The average Bonchev–Trinajstić information content (AvgIpc) is 2.04. The Morgan fingerprint density at radius 2 is 2.15 bits per heavy atom. The highest BCUT2D eigenvalue weighted by atomic mass is 127. The highest BCUT2D eigenvalue weighted by molar-refractivity contribution is 14.1. The highest BCUT2D eigenvalue weighted by Gasteiger charge is 1.99. The molecule has 1 rings (SSSR count). The Balaban J connectivity index is 3.15. The average molecular weight is 284 g/mol. The molecule has 0 saturated carbocycles. The summed E-state index contributed by atoms with van der Waals surface area (Å²) in [5.41, 5.74) is 3.90. The third-order valence-corrected chi connectivity index (χ3v) is 2.65. The summed E-state index contributed by atoms with van der Waals surface area (Å²) in [6, 6.07) is 6.48. The van der Waals surface area contributed by atoms with E-state index in [0.29, 0.717) is 0 Å². The maximum Gasteiger partial charge on any atom is 0.0133 e. The summed E-state index contributed by atoms with van der Waals surface area (Å²) in [5, 5.41) is 0. The molecule has 0 saturated heterocycles. The Hall–Kier alpha value is -0.570. The Morgan fingerprint density at radius 1 is 1.46 bits per heavy atom. The Kier molecular flexibility index (Phi) is 3.72. The molecule has 68 valence electrons. The van der Waals surface area contributed by atoms with Crippen LogP contribution >= 0.6 is 22.6 Å². The predicted octanol–water partition coefficient (Wildman–Crippen LogP) is 4.19. The maximum absolute atomic E-state index is 3.70. The van der Waals surface area contributed by atoms with Crippen molar-refractivity contribution in [3.8, 4) is 0 Å². The Labute approximate surface area is 93.5 Å². The molecular weight excluding hydrogens is 271 g/mol. The largest absolute Gasteiger partial charge is 0.0991 e. The molecule has 0 fully saturated rings. The number of hydrogen-bond donors (Lipinski definition) is 0. The predicted molar refractivity (Wildman–Crippen MR) is 67.7 cm³/mol. The molecule has 0 aliphatic rings. The molecule has 0 N–H and O–H groups in total. The first kappa shape index (κ1) is 10.5. The zero-order valence-electron chi connectivity index (χ0n) is 7.97. The molecule has 0 heterocycles. The first-order chi connectivity index (χ1) is 6.15. The first-order valence-electron chi connectivity index (χ1n) is 4.21. The standard InChI is InChI=1S/C12H13I/c1-4-5-9(2)12-7-6-11(13)8-10(12)3/h4-8H,1H2,2-3H3/b9-5-. The van der Waals surface area contributed by atoms with Crippen molar-refractivity contribution in [2.45, 2.75) is 13.8 Å². The van der Waals surface area contributed by atoms with Crippen molar-refractivity contribution in [3.05, 3.63) is 51.6 Å². The molecule has 0 atom stereocenters. The maximum atomic E-state index is 3.70. The molecule has 1 aromatic carbocycles. The third-order valence-electron chi connectivity index (χ3n) is 1.98. The van der Waals surface area contributed by atoms with Gasteiger partial charge in [0, 0.05) is 3.57 Å². The number of hydrogen-bond acceptors (Lipinski definition) is 0. The van der Waals surface area contributed by atoms with Crippen LogP contribution in [0.25, 0.3) is 5.57 Å². The minimum absolute atomic E-state index is 1.27. The van der Waals surface area contributed by atoms with E-state index in [9.17, 15) is 0 Å². The van der Waals surface area contributed by atoms with Crippen molar-refractivity contribution in [2.24, 2.45) is 0 Å². The zero-order chi connectivity index (χ0) is 9.84. The van der Waals surface area contributed by atoms with E-state index in [1.807, 2.05) is 12.2 Å². The van der Waals surface area contributed by atoms with Crippen LogP contribution in [-0.4, -0.2) is 0 Å². The summed E-state index contributed by atoms with van der Waals surface area (Å²) in [4.78, 5) is 0. The van der Waals surface area contributed by atoms with Gasteiger partial charge in [-0.05, 0) is 65.3 Å². The van der Waals surface area contributed by atoms with Crippen molar-refractivity contribution < 1.29 is 0 Å². The molecule has 1 heteroatoms. The number of rotatable bonds is 2. The molecule has 0 amide bonds. The number of halogens is 1. The van der Waals surface area contributed by atoms with Crippen LogP contribution in [0.5, 0.6) is 0 Å². The van der Waals surface area contributed by atoms with Crippen molar-refractivity contribution in [1.29, 1.82) is 0 Å². The first-order valence-corrected chi connectivity index (χ1v) is 5.29. The molecule has 1 aromatic rings. The second-order valence-corrected chi connectivity index (χ2v) is 4.29. The summed E-state index contributed by atoms with van der Waals surface area (Å²) >= 11 is 2.33. The molecule has 0 radical (unpaired) electrons. The lowest BCUT2D eigenvalue weighted by atomic mass is 10.0. The Morgan fingerprint density at radius 3 is 2.69 bits per heavy atom. The van der Waals surface area contributed by atoms with Crippen LogP contribution in [0.2, 0.25) is 0 Å². The fraction of sp³-hybridized carbons (Fsp3) is 0.167. The molecule has 0 aromatic heterocycles. The van der Waals surface area contributed by atoms with E-state index < -0.39 is 0 Å². The number of benzene rings is 1. The van der Waals surface area contributed by atoms with Crippen molar-refractivity contribution in [2.75, 3.05) is 0 Å². The van der Waals surface area contributed by atoms with Crippen LogP contribution in [-0.2, 0) is 0 Å². The van der Waals surface area contributed by atoms with Crippen LogP contribution in [0.3, 0.4) is 0 Å². The fourth-order valence-electron chi connectivity index (χ4n) is 1.34. The van der Waals surface area contributed by atoms with Crippen LogP contribution in [0.4, 0.5) is 0 Å². The lowest BCUT2D eigenvalue weighted by Gasteiger charge is -2.05. The second kappa shape index (κ2) is 4.61. The molecule has 0 aliphatic heterocycles. The minimum Gasteiger partial charge on any atom is -0.0991 e. The lowest BCUT2D eigenvalue weighted by Crippen LogP contribution is -1.86. The number of aryl methyl sites for hydroxylation is 1. The molecule has 0 bridgehead atoms. The smallest absolute Gasteiger partial charge is 0.0133 e. The second-order valence-electron chi connectivity index (χ2n) is 3.04. The molecule has 0 nitrogen and oxygen atoms in total. The monoisotopic (exact) mass is 284 g/mol. The molecule has 13 heavy (non-hydrogen) atoms. The van der Waals surface area contributed by atoms with Gasteiger partial charge in [-0.25, -0.2) is 0 Å². The van der Waals surface area contributed by atoms with Crippen LogP contribution in [0, 0.1) is 10.5 Å². The van der Waals surface area contributed by atoms with Gasteiger partial charge in [-0.15, -0.1) is 0 Å². The van der Waals surface area contributed by atoms with E-state index in [1.165, 1.54) is 20.3 Å². The minimum atomic E-state index is 1.27. The lowest BCUT2D eigenvalue weighted by molar-refractivity contribution is 1.39. The zero-order valence-corrected chi connectivity index (χ0v) is 10.1. The van der Waals surface area contributed by atoms with E-state index in [2.05, 4.69) is 61.2 Å². The number of allylic oxidation sites excluding steroid dienone is 3. The van der Waals surface area contributed by atoms with Gasteiger partial charge in [0.2, 0.25) is 0 Å². The van der Waals surface area contributed by atoms with E-state index >= 15 is 0 Å². The molecular formula is C12H13I.